The van der Waals surface area contributed by atoms with E-state index in [2.05, 4.69) is 34.3 Å². The van der Waals surface area contributed by atoms with Gasteiger partial charge >= 0.3 is 0 Å². The van der Waals surface area contributed by atoms with Gasteiger partial charge in [-0.25, -0.2) is 0 Å². The number of likely N-dealkylation sites (tertiary alicyclic amines) is 1. The second-order valence-electron chi connectivity index (χ2n) is 7.94. The first-order chi connectivity index (χ1) is 14.6. The van der Waals surface area contributed by atoms with Crippen LogP contribution in [0, 0.1) is 0 Å². The van der Waals surface area contributed by atoms with Crippen LogP contribution in [0.2, 0.25) is 0 Å². The Kier molecular flexibility index (Phi) is 11.2. The van der Waals surface area contributed by atoms with Gasteiger partial charge in [-0.05, 0) is 45.2 Å². The van der Waals surface area contributed by atoms with Crippen molar-refractivity contribution in [2.75, 3.05) is 47.1 Å². The van der Waals surface area contributed by atoms with Gasteiger partial charge in [0.25, 0.3) is 0 Å². The summed E-state index contributed by atoms with van der Waals surface area (Å²) in [5.41, 5.74) is 2.33. The van der Waals surface area contributed by atoms with E-state index >= 15 is 0 Å². The molecule has 0 aromatic heterocycles. The highest BCUT2D eigenvalue weighted by atomic mass is 127. The number of methoxy groups -OCH3 is 1. The molecule has 1 aromatic carbocycles. The molecular formula is C23H38IN3O4. The van der Waals surface area contributed by atoms with Gasteiger partial charge in [0.15, 0.2) is 5.96 Å². The summed E-state index contributed by atoms with van der Waals surface area (Å²) in [5.74, 6) is 2.83. The Hall–Kier alpha value is -1.26. The van der Waals surface area contributed by atoms with E-state index in [9.17, 15) is 0 Å². The summed E-state index contributed by atoms with van der Waals surface area (Å²) in [6, 6.07) is 4.25. The number of halogens is 1. The number of fused-ring (bicyclic) bond motifs is 1. The largest absolute Gasteiger partial charge is 0.494 e. The van der Waals surface area contributed by atoms with Gasteiger partial charge in [0.05, 0.1) is 12.7 Å². The number of hydrogen-bond donors (Lipinski definition) is 1. The lowest BCUT2D eigenvalue weighted by Gasteiger charge is -2.34. The van der Waals surface area contributed by atoms with Gasteiger partial charge in [0, 0.05) is 64.6 Å². The number of piperidine rings is 1. The molecule has 1 saturated heterocycles. The van der Waals surface area contributed by atoms with Crippen LogP contribution < -0.4 is 14.8 Å². The van der Waals surface area contributed by atoms with Crippen molar-refractivity contribution in [3.05, 3.63) is 23.3 Å². The number of rotatable bonds is 9. The monoisotopic (exact) mass is 547 g/mol. The molecule has 176 valence electrons. The lowest BCUT2D eigenvalue weighted by atomic mass is 10.1. The second-order valence-corrected chi connectivity index (χ2v) is 7.94. The van der Waals surface area contributed by atoms with Gasteiger partial charge in [-0.1, -0.05) is 0 Å². The predicted octanol–water partition coefficient (Wildman–Crippen LogP) is 3.62. The Bertz CT molecular complexity index is 708. The van der Waals surface area contributed by atoms with Gasteiger partial charge in [0.2, 0.25) is 0 Å². The fourth-order valence-corrected chi connectivity index (χ4v) is 4.10. The molecule has 1 aromatic rings. The van der Waals surface area contributed by atoms with E-state index in [1.165, 1.54) is 5.56 Å². The summed E-state index contributed by atoms with van der Waals surface area (Å²) in [7, 11) is 3.57. The Morgan fingerprint density at radius 2 is 2.03 bits per heavy atom. The highest BCUT2D eigenvalue weighted by molar-refractivity contribution is 14.0. The number of hydrogen-bond acceptors (Lipinski definition) is 5. The summed E-state index contributed by atoms with van der Waals surface area (Å²) in [6.45, 7) is 8.83. The van der Waals surface area contributed by atoms with E-state index in [0.29, 0.717) is 19.3 Å². The Morgan fingerprint density at radius 1 is 1.26 bits per heavy atom. The first-order valence-corrected chi connectivity index (χ1v) is 11.2. The predicted molar refractivity (Wildman–Crippen MR) is 134 cm³/mol. The van der Waals surface area contributed by atoms with Crippen molar-refractivity contribution in [3.63, 3.8) is 0 Å². The molecule has 1 atom stereocenters. The summed E-state index contributed by atoms with van der Waals surface area (Å²) in [6.07, 6.45) is 4.48. The molecule has 0 aliphatic carbocycles. The van der Waals surface area contributed by atoms with Crippen LogP contribution in [-0.4, -0.2) is 70.1 Å². The van der Waals surface area contributed by atoms with E-state index in [-0.39, 0.29) is 30.1 Å². The number of nitrogens with zero attached hydrogens (tertiary/aromatic N) is 2. The molecule has 3 rings (SSSR count). The highest BCUT2D eigenvalue weighted by Crippen LogP contribution is 2.35. The van der Waals surface area contributed by atoms with Crippen LogP contribution in [-0.2, 0) is 22.4 Å². The quantitative estimate of drug-likeness (QED) is 0.221. The Morgan fingerprint density at radius 3 is 2.71 bits per heavy atom. The first-order valence-electron chi connectivity index (χ1n) is 11.2. The summed E-state index contributed by atoms with van der Waals surface area (Å²) in [4.78, 5) is 6.81. The minimum atomic E-state index is 0. The number of aliphatic imine (C=N–C) groups is 1. The van der Waals surface area contributed by atoms with E-state index in [1.807, 2.05) is 14.0 Å². The van der Waals surface area contributed by atoms with Crippen molar-refractivity contribution in [2.24, 2.45) is 4.99 Å². The SMILES string of the molecule is CCOc1cc2c(cc1CNC(=NC)N1CCC(OCCCOC)CC1)OC(C)C2.I. The second kappa shape index (κ2) is 13.3. The third-order valence-corrected chi connectivity index (χ3v) is 5.62. The maximum atomic E-state index is 5.97. The lowest BCUT2D eigenvalue weighted by Crippen LogP contribution is -2.46. The summed E-state index contributed by atoms with van der Waals surface area (Å²) in [5, 5.41) is 3.51. The molecule has 1 unspecified atom stereocenters. The molecule has 0 bridgehead atoms. The van der Waals surface area contributed by atoms with Crippen molar-refractivity contribution >= 4 is 29.9 Å². The van der Waals surface area contributed by atoms with E-state index in [1.54, 1.807) is 7.11 Å². The minimum absolute atomic E-state index is 0. The number of benzene rings is 1. The van der Waals surface area contributed by atoms with Crippen LogP contribution in [0.25, 0.3) is 0 Å². The van der Waals surface area contributed by atoms with Gasteiger partial charge < -0.3 is 29.2 Å². The Balaban J connectivity index is 0.00000341. The number of nitrogens with one attached hydrogen (secondary N) is 1. The minimum Gasteiger partial charge on any atom is -0.494 e. The van der Waals surface area contributed by atoms with Crippen LogP contribution in [0.3, 0.4) is 0 Å². The molecule has 2 aliphatic heterocycles. The Labute approximate surface area is 203 Å². The van der Waals surface area contributed by atoms with Crippen molar-refractivity contribution in [3.8, 4) is 11.5 Å². The van der Waals surface area contributed by atoms with Gasteiger partial charge in [-0.3, -0.25) is 4.99 Å². The van der Waals surface area contributed by atoms with Gasteiger partial charge in [0.1, 0.15) is 17.6 Å². The maximum absolute atomic E-state index is 5.97. The van der Waals surface area contributed by atoms with Crippen molar-refractivity contribution in [1.29, 1.82) is 0 Å². The topological polar surface area (TPSA) is 64.6 Å². The average Bonchev–Trinajstić information content (AvgIpc) is 3.11. The highest BCUT2D eigenvalue weighted by Gasteiger charge is 2.24. The number of ether oxygens (including phenoxy) is 4. The number of guanidine groups is 1. The molecule has 0 spiro atoms. The molecule has 0 saturated carbocycles. The molecular weight excluding hydrogens is 509 g/mol. The standard InChI is InChI=1S/C23H37N3O4.HI/c1-5-28-21-14-18-13-17(2)30-22(18)15-19(21)16-25-23(24-3)26-9-7-20(8-10-26)29-12-6-11-27-4;/h14-15,17,20H,5-13,16H2,1-4H3,(H,24,25);1H. The van der Waals surface area contributed by atoms with E-state index in [0.717, 1.165) is 75.0 Å². The van der Waals surface area contributed by atoms with Crippen molar-refractivity contribution < 1.29 is 18.9 Å². The molecule has 2 aliphatic rings. The molecule has 0 radical (unpaired) electrons. The van der Waals surface area contributed by atoms with Crippen LogP contribution in [0.4, 0.5) is 0 Å². The maximum Gasteiger partial charge on any atom is 0.193 e. The molecule has 1 fully saturated rings. The fraction of sp³-hybridized carbons (Fsp3) is 0.696. The molecule has 0 amide bonds. The normalized spacial score (nSPS) is 18.9. The smallest absolute Gasteiger partial charge is 0.193 e. The average molecular weight is 547 g/mol. The summed E-state index contributed by atoms with van der Waals surface area (Å²) < 4.78 is 22.9. The van der Waals surface area contributed by atoms with Crippen molar-refractivity contribution in [2.45, 2.75) is 58.3 Å². The van der Waals surface area contributed by atoms with Crippen LogP contribution >= 0.6 is 24.0 Å². The molecule has 2 heterocycles. The van der Waals surface area contributed by atoms with Crippen LogP contribution in [0.5, 0.6) is 11.5 Å². The van der Waals surface area contributed by atoms with Gasteiger partial charge in [-0.2, -0.15) is 0 Å². The van der Waals surface area contributed by atoms with Crippen molar-refractivity contribution in [1.82, 2.24) is 10.2 Å². The van der Waals surface area contributed by atoms with Gasteiger partial charge in [-0.15, -0.1) is 24.0 Å². The van der Waals surface area contributed by atoms with Crippen LogP contribution in [0.15, 0.2) is 17.1 Å². The lowest BCUT2D eigenvalue weighted by molar-refractivity contribution is 0.00989. The van der Waals surface area contributed by atoms with E-state index < -0.39 is 0 Å². The molecule has 8 heteroatoms. The molecule has 1 N–H and O–H groups in total. The zero-order valence-corrected chi connectivity index (χ0v) is 21.6. The fourth-order valence-electron chi connectivity index (χ4n) is 4.10. The first kappa shape index (κ1) is 26.0. The third-order valence-electron chi connectivity index (χ3n) is 5.62. The zero-order chi connectivity index (χ0) is 21.3. The van der Waals surface area contributed by atoms with E-state index in [4.69, 9.17) is 18.9 Å². The molecule has 7 nitrogen and oxygen atoms in total. The summed E-state index contributed by atoms with van der Waals surface area (Å²) >= 11 is 0. The zero-order valence-electron chi connectivity index (χ0n) is 19.3. The van der Waals surface area contributed by atoms with Crippen LogP contribution in [0.1, 0.15) is 44.2 Å². The molecule has 31 heavy (non-hydrogen) atoms. The third kappa shape index (κ3) is 7.39.